The van der Waals surface area contributed by atoms with E-state index >= 15 is 0 Å². The lowest BCUT2D eigenvalue weighted by Gasteiger charge is -2.23. The van der Waals surface area contributed by atoms with Crippen molar-refractivity contribution in [3.05, 3.63) is 0 Å². The van der Waals surface area contributed by atoms with Gasteiger partial charge in [0.1, 0.15) is 0 Å². The summed E-state index contributed by atoms with van der Waals surface area (Å²) < 4.78 is 0. The molecule has 1 rings (SSSR count). The molecule has 1 N–H and O–H groups in total. The van der Waals surface area contributed by atoms with Crippen molar-refractivity contribution in [3.63, 3.8) is 0 Å². The van der Waals surface area contributed by atoms with E-state index in [-0.39, 0.29) is 0 Å². The Balaban J connectivity index is 2.38. The first-order valence-electron chi connectivity index (χ1n) is 4.10. The van der Waals surface area contributed by atoms with Crippen LogP contribution < -0.4 is 5.32 Å². The SMILES string of the molecule is CCN(C)C(CC#N)C1CN1. The summed E-state index contributed by atoms with van der Waals surface area (Å²) in [5.74, 6) is 0. The second-order valence-corrected chi connectivity index (χ2v) is 3.02. The first-order valence-corrected chi connectivity index (χ1v) is 4.10. The van der Waals surface area contributed by atoms with Crippen LogP contribution in [0.5, 0.6) is 0 Å². The van der Waals surface area contributed by atoms with Crippen molar-refractivity contribution < 1.29 is 0 Å². The van der Waals surface area contributed by atoms with Gasteiger partial charge in [0.2, 0.25) is 0 Å². The predicted octanol–water partition coefficient (Wildman–Crippen LogP) is 0.192. The first-order chi connectivity index (χ1) is 5.29. The summed E-state index contributed by atoms with van der Waals surface area (Å²) in [6.45, 7) is 4.22. The maximum atomic E-state index is 8.55. The lowest BCUT2D eigenvalue weighted by molar-refractivity contribution is 0.253. The molecule has 0 aromatic rings. The number of nitriles is 1. The van der Waals surface area contributed by atoms with Crippen LogP contribution in [-0.4, -0.2) is 37.1 Å². The Kier molecular flexibility index (Phi) is 2.86. The Morgan fingerprint density at radius 1 is 1.82 bits per heavy atom. The summed E-state index contributed by atoms with van der Waals surface area (Å²) in [7, 11) is 2.07. The van der Waals surface area contributed by atoms with Crippen molar-refractivity contribution in [2.45, 2.75) is 25.4 Å². The van der Waals surface area contributed by atoms with Crippen LogP contribution in [-0.2, 0) is 0 Å². The number of nitrogens with zero attached hydrogens (tertiary/aromatic N) is 2. The van der Waals surface area contributed by atoms with Crippen LogP contribution in [0, 0.1) is 11.3 Å². The Morgan fingerprint density at radius 3 is 2.82 bits per heavy atom. The van der Waals surface area contributed by atoms with Crippen LogP contribution in [0.3, 0.4) is 0 Å². The topological polar surface area (TPSA) is 49.0 Å². The van der Waals surface area contributed by atoms with Crippen LogP contribution in [0.15, 0.2) is 0 Å². The average Bonchev–Trinajstić information content (AvgIpc) is 2.81. The average molecular weight is 153 g/mol. The van der Waals surface area contributed by atoms with Gasteiger partial charge in [0.05, 0.1) is 12.5 Å². The van der Waals surface area contributed by atoms with Crippen LogP contribution >= 0.6 is 0 Å². The number of rotatable bonds is 4. The molecule has 1 heterocycles. The Morgan fingerprint density at radius 2 is 2.45 bits per heavy atom. The van der Waals surface area contributed by atoms with E-state index in [1.807, 2.05) is 0 Å². The van der Waals surface area contributed by atoms with Crippen molar-refractivity contribution in [2.75, 3.05) is 20.1 Å². The van der Waals surface area contributed by atoms with Gasteiger partial charge >= 0.3 is 0 Å². The quantitative estimate of drug-likeness (QED) is 0.587. The maximum absolute atomic E-state index is 8.55. The molecule has 2 unspecified atom stereocenters. The molecule has 3 heteroatoms. The standard InChI is InChI=1S/C8H15N3/c1-3-11(2)8(4-5-9)7-6-10-7/h7-8,10H,3-4,6H2,1-2H3. The number of hydrogen-bond acceptors (Lipinski definition) is 3. The number of likely N-dealkylation sites (N-methyl/N-ethyl adjacent to an activating group) is 1. The van der Waals surface area contributed by atoms with Crippen LogP contribution in [0.4, 0.5) is 0 Å². The molecular formula is C8H15N3. The van der Waals surface area contributed by atoms with Crippen LogP contribution in [0.2, 0.25) is 0 Å². The summed E-state index contributed by atoms with van der Waals surface area (Å²) in [6, 6.07) is 3.21. The molecule has 0 aromatic heterocycles. The van der Waals surface area contributed by atoms with Crippen molar-refractivity contribution >= 4 is 0 Å². The van der Waals surface area contributed by atoms with E-state index in [0.29, 0.717) is 18.5 Å². The van der Waals surface area contributed by atoms with E-state index in [9.17, 15) is 0 Å². The van der Waals surface area contributed by atoms with Crippen molar-refractivity contribution in [1.82, 2.24) is 10.2 Å². The molecule has 0 bridgehead atoms. The molecule has 0 amide bonds. The lowest BCUT2D eigenvalue weighted by atomic mass is 10.1. The molecule has 2 atom stereocenters. The zero-order valence-electron chi connectivity index (χ0n) is 7.17. The molecule has 62 valence electrons. The molecule has 0 aliphatic carbocycles. The minimum Gasteiger partial charge on any atom is -0.310 e. The van der Waals surface area contributed by atoms with Gasteiger partial charge in [0.15, 0.2) is 0 Å². The van der Waals surface area contributed by atoms with E-state index in [4.69, 9.17) is 5.26 Å². The van der Waals surface area contributed by atoms with E-state index in [1.165, 1.54) is 0 Å². The van der Waals surface area contributed by atoms with Gasteiger partial charge in [0.25, 0.3) is 0 Å². The smallest absolute Gasteiger partial charge is 0.0638 e. The molecule has 0 radical (unpaired) electrons. The highest BCUT2D eigenvalue weighted by atomic mass is 15.2. The fourth-order valence-corrected chi connectivity index (χ4v) is 1.27. The van der Waals surface area contributed by atoms with E-state index in [2.05, 4.69) is 30.3 Å². The van der Waals surface area contributed by atoms with Crippen molar-refractivity contribution in [3.8, 4) is 6.07 Å². The number of hydrogen-bond donors (Lipinski definition) is 1. The zero-order chi connectivity index (χ0) is 8.27. The molecule has 1 fully saturated rings. The first kappa shape index (κ1) is 8.51. The molecule has 0 aromatic carbocycles. The summed E-state index contributed by atoms with van der Waals surface area (Å²) >= 11 is 0. The third kappa shape index (κ3) is 2.18. The van der Waals surface area contributed by atoms with Gasteiger partial charge in [-0.15, -0.1) is 0 Å². The van der Waals surface area contributed by atoms with Gasteiger partial charge < -0.3 is 10.2 Å². The summed E-state index contributed by atoms with van der Waals surface area (Å²) in [6.07, 6.45) is 0.641. The summed E-state index contributed by atoms with van der Waals surface area (Å²) in [5.41, 5.74) is 0. The van der Waals surface area contributed by atoms with Crippen molar-refractivity contribution in [1.29, 1.82) is 5.26 Å². The molecule has 1 aliphatic rings. The highest BCUT2D eigenvalue weighted by molar-refractivity contribution is 4.98. The fraction of sp³-hybridized carbons (Fsp3) is 0.875. The highest BCUT2D eigenvalue weighted by Gasteiger charge is 2.32. The summed E-state index contributed by atoms with van der Waals surface area (Å²) in [4.78, 5) is 2.23. The molecule has 3 nitrogen and oxygen atoms in total. The predicted molar refractivity (Wildman–Crippen MR) is 44.1 cm³/mol. The molecule has 11 heavy (non-hydrogen) atoms. The Bertz CT molecular complexity index is 157. The molecule has 1 saturated heterocycles. The normalized spacial score (nSPS) is 24.7. The van der Waals surface area contributed by atoms with Crippen LogP contribution in [0.25, 0.3) is 0 Å². The van der Waals surface area contributed by atoms with Gasteiger partial charge in [-0.05, 0) is 13.6 Å². The van der Waals surface area contributed by atoms with E-state index in [0.717, 1.165) is 13.1 Å². The second-order valence-electron chi connectivity index (χ2n) is 3.02. The Labute approximate surface area is 68.0 Å². The summed E-state index contributed by atoms with van der Waals surface area (Å²) in [5, 5.41) is 11.8. The largest absolute Gasteiger partial charge is 0.310 e. The highest BCUT2D eigenvalue weighted by Crippen LogP contribution is 2.13. The third-order valence-electron chi connectivity index (χ3n) is 2.27. The van der Waals surface area contributed by atoms with Gasteiger partial charge in [-0.1, -0.05) is 6.92 Å². The van der Waals surface area contributed by atoms with Gasteiger partial charge in [-0.3, -0.25) is 0 Å². The van der Waals surface area contributed by atoms with E-state index < -0.39 is 0 Å². The van der Waals surface area contributed by atoms with Crippen molar-refractivity contribution in [2.24, 2.45) is 0 Å². The zero-order valence-corrected chi connectivity index (χ0v) is 7.17. The Hall–Kier alpha value is -0.590. The molecule has 0 saturated carbocycles. The maximum Gasteiger partial charge on any atom is 0.0638 e. The van der Waals surface area contributed by atoms with Gasteiger partial charge in [0, 0.05) is 18.6 Å². The van der Waals surface area contributed by atoms with Gasteiger partial charge in [-0.25, -0.2) is 0 Å². The fourth-order valence-electron chi connectivity index (χ4n) is 1.27. The lowest BCUT2D eigenvalue weighted by Crippen LogP contribution is -2.36. The van der Waals surface area contributed by atoms with Crippen LogP contribution in [0.1, 0.15) is 13.3 Å². The molecule has 0 spiro atoms. The number of nitrogens with one attached hydrogen (secondary N) is 1. The third-order valence-corrected chi connectivity index (χ3v) is 2.27. The molecular weight excluding hydrogens is 138 g/mol. The monoisotopic (exact) mass is 153 g/mol. The molecule has 1 aliphatic heterocycles. The van der Waals surface area contributed by atoms with Gasteiger partial charge in [-0.2, -0.15) is 5.26 Å². The second kappa shape index (κ2) is 3.70. The minimum absolute atomic E-state index is 0.421. The minimum atomic E-state index is 0.421. The van der Waals surface area contributed by atoms with E-state index in [1.54, 1.807) is 0 Å².